The van der Waals surface area contributed by atoms with Crippen molar-refractivity contribution in [2.45, 2.75) is 25.6 Å². The second-order valence-corrected chi connectivity index (χ2v) is 5.28. The van der Waals surface area contributed by atoms with Gasteiger partial charge in [0.05, 0.1) is 10.8 Å². The Balaban J connectivity index is 2.50. The molecule has 0 aliphatic rings. The third-order valence-electron chi connectivity index (χ3n) is 3.45. The summed E-state index contributed by atoms with van der Waals surface area (Å²) in [7, 11) is 0. The molecule has 0 bridgehead atoms. The van der Waals surface area contributed by atoms with E-state index in [1.54, 1.807) is 0 Å². The Kier molecular flexibility index (Phi) is 2.97. The molecule has 2 aromatic heterocycles. The number of hydrogen-bond acceptors (Lipinski definition) is 2. The van der Waals surface area contributed by atoms with Crippen molar-refractivity contribution in [1.29, 1.82) is 0 Å². The molecule has 0 atom stereocenters. The Hall–Kier alpha value is -1.55. The lowest BCUT2D eigenvalue weighted by molar-refractivity contribution is 0.578. The van der Waals surface area contributed by atoms with Crippen LogP contribution in [0.3, 0.4) is 0 Å². The summed E-state index contributed by atoms with van der Waals surface area (Å²) in [5, 5.41) is 2.75. The SMILES string of the molecule is CCc1cc2c([nH]c1=O)c(C)cc1cc(CBr)oc12. The average molecular weight is 320 g/mol. The van der Waals surface area contributed by atoms with Gasteiger partial charge in [-0.1, -0.05) is 22.9 Å². The molecule has 98 valence electrons. The van der Waals surface area contributed by atoms with Gasteiger partial charge in [-0.05, 0) is 37.1 Å². The summed E-state index contributed by atoms with van der Waals surface area (Å²) >= 11 is 3.41. The standard InChI is InChI=1S/C15H14BrNO2/c1-3-9-6-12-13(17-15(9)18)8(2)4-10-5-11(7-16)19-14(10)12/h4-6H,3,7H2,1-2H3,(H,17,18). The summed E-state index contributed by atoms with van der Waals surface area (Å²) in [6, 6.07) is 6.03. The van der Waals surface area contributed by atoms with Gasteiger partial charge in [-0.15, -0.1) is 0 Å². The average Bonchev–Trinajstić information content (AvgIpc) is 2.81. The Morgan fingerprint density at radius 2 is 2.11 bits per heavy atom. The zero-order valence-corrected chi connectivity index (χ0v) is 12.4. The molecule has 4 heteroatoms. The summed E-state index contributed by atoms with van der Waals surface area (Å²) in [6.45, 7) is 3.99. The topological polar surface area (TPSA) is 46.0 Å². The van der Waals surface area contributed by atoms with Crippen LogP contribution in [0, 0.1) is 6.92 Å². The molecular weight excluding hydrogens is 306 g/mol. The van der Waals surface area contributed by atoms with Crippen LogP contribution in [0.4, 0.5) is 0 Å². The van der Waals surface area contributed by atoms with Crippen LogP contribution in [0.5, 0.6) is 0 Å². The normalized spacial score (nSPS) is 11.5. The first-order chi connectivity index (χ1) is 9.13. The van der Waals surface area contributed by atoms with E-state index in [0.29, 0.717) is 11.8 Å². The number of fused-ring (bicyclic) bond motifs is 3. The minimum atomic E-state index is -0.00952. The van der Waals surface area contributed by atoms with Crippen molar-refractivity contribution >= 4 is 37.8 Å². The molecule has 0 unspecified atom stereocenters. The van der Waals surface area contributed by atoms with Gasteiger partial charge >= 0.3 is 0 Å². The molecule has 3 rings (SSSR count). The van der Waals surface area contributed by atoms with Crippen molar-refractivity contribution < 1.29 is 4.42 Å². The summed E-state index contributed by atoms with van der Waals surface area (Å²) in [5.74, 6) is 0.895. The number of pyridine rings is 1. The van der Waals surface area contributed by atoms with E-state index in [-0.39, 0.29) is 5.56 Å². The van der Waals surface area contributed by atoms with Crippen LogP contribution < -0.4 is 5.56 Å². The molecule has 1 aromatic carbocycles. The Morgan fingerprint density at radius 3 is 2.79 bits per heavy atom. The third-order valence-corrected chi connectivity index (χ3v) is 4.01. The number of furan rings is 1. The molecule has 0 aliphatic carbocycles. The van der Waals surface area contributed by atoms with Crippen molar-refractivity contribution in [2.24, 2.45) is 0 Å². The predicted molar refractivity (Wildman–Crippen MR) is 81.1 cm³/mol. The largest absolute Gasteiger partial charge is 0.459 e. The fourth-order valence-electron chi connectivity index (χ4n) is 2.47. The van der Waals surface area contributed by atoms with Gasteiger partial charge in [-0.25, -0.2) is 0 Å². The number of aryl methyl sites for hydroxylation is 2. The second kappa shape index (κ2) is 4.53. The molecule has 2 heterocycles. The van der Waals surface area contributed by atoms with Gasteiger partial charge in [0, 0.05) is 16.3 Å². The summed E-state index contributed by atoms with van der Waals surface area (Å²) in [6.07, 6.45) is 0.715. The van der Waals surface area contributed by atoms with Crippen molar-refractivity contribution in [3.8, 4) is 0 Å². The maximum Gasteiger partial charge on any atom is 0.251 e. The van der Waals surface area contributed by atoms with E-state index >= 15 is 0 Å². The van der Waals surface area contributed by atoms with Crippen LogP contribution in [0.2, 0.25) is 0 Å². The molecule has 0 spiro atoms. The molecule has 0 aliphatic heterocycles. The number of H-pyrrole nitrogens is 1. The molecule has 3 nitrogen and oxygen atoms in total. The number of benzene rings is 1. The fraction of sp³-hybridized carbons (Fsp3) is 0.267. The van der Waals surface area contributed by atoms with E-state index < -0.39 is 0 Å². The monoisotopic (exact) mass is 319 g/mol. The van der Waals surface area contributed by atoms with Gasteiger partial charge in [0.15, 0.2) is 0 Å². The first-order valence-corrected chi connectivity index (χ1v) is 7.40. The highest BCUT2D eigenvalue weighted by atomic mass is 79.9. The third kappa shape index (κ3) is 1.91. The van der Waals surface area contributed by atoms with Crippen LogP contribution in [0.25, 0.3) is 21.9 Å². The summed E-state index contributed by atoms with van der Waals surface area (Å²) in [4.78, 5) is 14.9. The first kappa shape index (κ1) is 12.5. The molecule has 0 saturated heterocycles. The smallest absolute Gasteiger partial charge is 0.251 e. The molecule has 0 radical (unpaired) electrons. The summed E-state index contributed by atoms with van der Waals surface area (Å²) < 4.78 is 5.86. The second-order valence-electron chi connectivity index (χ2n) is 4.72. The number of aromatic amines is 1. The lowest BCUT2D eigenvalue weighted by Gasteiger charge is -2.05. The lowest BCUT2D eigenvalue weighted by Crippen LogP contribution is -2.11. The number of rotatable bonds is 2. The molecule has 0 saturated carbocycles. The van der Waals surface area contributed by atoms with Gasteiger partial charge < -0.3 is 9.40 Å². The minimum Gasteiger partial charge on any atom is -0.459 e. The van der Waals surface area contributed by atoms with Crippen molar-refractivity contribution in [3.05, 3.63) is 45.4 Å². The highest BCUT2D eigenvalue weighted by Gasteiger charge is 2.12. The number of nitrogens with one attached hydrogen (secondary N) is 1. The van der Waals surface area contributed by atoms with Crippen LogP contribution in [0.1, 0.15) is 23.8 Å². The van der Waals surface area contributed by atoms with E-state index in [4.69, 9.17) is 4.42 Å². The van der Waals surface area contributed by atoms with Gasteiger partial charge in [0.2, 0.25) is 0 Å². The molecular formula is C15H14BrNO2. The highest BCUT2D eigenvalue weighted by molar-refractivity contribution is 9.08. The van der Waals surface area contributed by atoms with Gasteiger partial charge in [0.1, 0.15) is 11.3 Å². The quantitative estimate of drug-likeness (QED) is 0.724. The first-order valence-electron chi connectivity index (χ1n) is 6.28. The zero-order chi connectivity index (χ0) is 13.6. The van der Waals surface area contributed by atoms with E-state index in [9.17, 15) is 4.79 Å². The predicted octanol–water partition coefficient (Wildman–Crippen LogP) is 4.04. The Morgan fingerprint density at radius 1 is 1.32 bits per heavy atom. The molecule has 3 aromatic rings. The summed E-state index contributed by atoms with van der Waals surface area (Å²) in [5.41, 5.74) is 3.55. The number of halogens is 1. The van der Waals surface area contributed by atoms with Crippen LogP contribution in [0.15, 0.2) is 27.4 Å². The van der Waals surface area contributed by atoms with Gasteiger partial charge in [0.25, 0.3) is 5.56 Å². The molecule has 19 heavy (non-hydrogen) atoms. The zero-order valence-electron chi connectivity index (χ0n) is 10.8. The van der Waals surface area contributed by atoms with E-state index in [1.165, 1.54) is 0 Å². The van der Waals surface area contributed by atoms with Crippen molar-refractivity contribution in [1.82, 2.24) is 4.98 Å². The maximum absolute atomic E-state index is 11.9. The number of alkyl halides is 1. The van der Waals surface area contributed by atoms with Crippen molar-refractivity contribution in [2.75, 3.05) is 0 Å². The maximum atomic E-state index is 11.9. The van der Waals surface area contributed by atoms with Crippen LogP contribution in [-0.4, -0.2) is 4.98 Å². The van der Waals surface area contributed by atoms with E-state index in [2.05, 4.69) is 27.0 Å². The molecule has 1 N–H and O–H groups in total. The van der Waals surface area contributed by atoms with E-state index in [1.807, 2.05) is 26.0 Å². The number of aromatic nitrogens is 1. The fourth-order valence-corrected chi connectivity index (χ4v) is 2.75. The van der Waals surface area contributed by atoms with Crippen molar-refractivity contribution in [3.63, 3.8) is 0 Å². The lowest BCUT2D eigenvalue weighted by atomic mass is 10.0. The molecule has 0 amide bonds. The van der Waals surface area contributed by atoms with Crippen LogP contribution in [-0.2, 0) is 11.8 Å². The van der Waals surface area contributed by atoms with Crippen LogP contribution >= 0.6 is 15.9 Å². The van der Waals surface area contributed by atoms with E-state index in [0.717, 1.165) is 38.8 Å². The number of hydrogen-bond donors (Lipinski definition) is 1. The molecule has 0 fully saturated rings. The van der Waals surface area contributed by atoms with Gasteiger partial charge in [-0.3, -0.25) is 4.79 Å². The highest BCUT2D eigenvalue weighted by Crippen LogP contribution is 2.30. The minimum absolute atomic E-state index is 0.00952. The van der Waals surface area contributed by atoms with Gasteiger partial charge in [-0.2, -0.15) is 0 Å². The Bertz CT molecular complexity index is 829. The Labute approximate surface area is 118 Å².